The molecule has 0 fully saturated rings. The lowest BCUT2D eigenvalue weighted by Gasteiger charge is -2.16. The second-order valence-electron chi connectivity index (χ2n) is 4.21. The molecule has 1 nitrogen and oxygen atoms in total. The Labute approximate surface area is 97.4 Å². The van der Waals surface area contributed by atoms with E-state index in [1.807, 2.05) is 6.07 Å². The van der Waals surface area contributed by atoms with Crippen LogP contribution in [0.4, 0.5) is 0 Å². The van der Waals surface area contributed by atoms with Crippen LogP contribution in [0.15, 0.2) is 18.2 Å². The second kappa shape index (κ2) is 5.41. The molecule has 0 aliphatic carbocycles. The van der Waals surface area contributed by atoms with Crippen molar-refractivity contribution in [3.05, 3.63) is 29.3 Å². The molecule has 0 spiro atoms. The lowest BCUT2D eigenvalue weighted by Crippen LogP contribution is -2.01. The summed E-state index contributed by atoms with van der Waals surface area (Å²) in [7, 11) is 1.70. The minimum absolute atomic E-state index is 0.334. The highest BCUT2D eigenvalue weighted by atomic mass is 35.5. The van der Waals surface area contributed by atoms with Crippen molar-refractivity contribution < 1.29 is 4.74 Å². The molecule has 0 heterocycles. The van der Waals surface area contributed by atoms with Crippen LogP contribution in [0.1, 0.15) is 43.7 Å². The van der Waals surface area contributed by atoms with Gasteiger partial charge in [-0.05, 0) is 29.0 Å². The van der Waals surface area contributed by atoms with E-state index in [2.05, 4.69) is 32.9 Å². The topological polar surface area (TPSA) is 9.23 Å². The molecule has 0 bridgehead atoms. The minimum Gasteiger partial charge on any atom is -0.496 e. The van der Waals surface area contributed by atoms with Crippen LogP contribution in [0.2, 0.25) is 0 Å². The third-order valence-corrected chi connectivity index (χ3v) is 3.15. The first-order valence-electron chi connectivity index (χ1n) is 5.34. The van der Waals surface area contributed by atoms with Gasteiger partial charge in [-0.15, -0.1) is 11.6 Å². The summed E-state index contributed by atoms with van der Waals surface area (Å²) >= 11 is 5.89. The number of halogens is 1. The summed E-state index contributed by atoms with van der Waals surface area (Å²) in [6.07, 6.45) is 0. The van der Waals surface area contributed by atoms with Gasteiger partial charge in [0.05, 0.1) is 7.11 Å². The summed E-state index contributed by atoms with van der Waals surface area (Å²) < 4.78 is 5.34. The molecule has 0 saturated heterocycles. The number of hydrogen-bond acceptors (Lipinski definition) is 1. The zero-order chi connectivity index (χ0) is 11.4. The third kappa shape index (κ3) is 2.88. The van der Waals surface area contributed by atoms with Crippen molar-refractivity contribution in [2.45, 2.75) is 32.6 Å². The van der Waals surface area contributed by atoms with Gasteiger partial charge in [-0.1, -0.05) is 32.9 Å². The average molecular weight is 227 g/mol. The number of alkyl halides is 1. The van der Waals surface area contributed by atoms with E-state index in [9.17, 15) is 0 Å². The van der Waals surface area contributed by atoms with Crippen LogP contribution in [0.25, 0.3) is 0 Å². The third-order valence-electron chi connectivity index (χ3n) is 2.68. The van der Waals surface area contributed by atoms with Gasteiger partial charge in [0.2, 0.25) is 0 Å². The zero-order valence-corrected chi connectivity index (χ0v) is 10.6. The monoisotopic (exact) mass is 226 g/mol. The van der Waals surface area contributed by atoms with E-state index >= 15 is 0 Å². The first kappa shape index (κ1) is 12.4. The standard InChI is InChI=1S/C13H19ClO/c1-9(2)11-5-6-13(15-4)12(7-11)10(3)8-14/h5-7,9-10H,8H2,1-4H3. The Bertz CT molecular complexity index is 320. The maximum atomic E-state index is 5.89. The zero-order valence-electron chi connectivity index (χ0n) is 9.88. The number of rotatable bonds is 4. The summed E-state index contributed by atoms with van der Waals surface area (Å²) in [6.45, 7) is 6.50. The molecule has 1 rings (SSSR count). The van der Waals surface area contributed by atoms with Crippen molar-refractivity contribution in [3.8, 4) is 5.75 Å². The van der Waals surface area contributed by atoms with Gasteiger partial charge in [0.1, 0.15) is 5.75 Å². The minimum atomic E-state index is 0.334. The van der Waals surface area contributed by atoms with Gasteiger partial charge in [0.15, 0.2) is 0 Å². The van der Waals surface area contributed by atoms with E-state index in [-0.39, 0.29) is 0 Å². The molecule has 2 heteroatoms. The molecule has 0 N–H and O–H groups in total. The van der Waals surface area contributed by atoms with Crippen LogP contribution in [0.5, 0.6) is 5.75 Å². The summed E-state index contributed by atoms with van der Waals surface area (Å²) in [5.74, 6) is 2.43. The average Bonchev–Trinajstić information content (AvgIpc) is 2.27. The predicted octanol–water partition coefficient (Wildman–Crippen LogP) is 4.16. The van der Waals surface area contributed by atoms with Crippen molar-refractivity contribution in [2.24, 2.45) is 0 Å². The Morgan fingerprint density at radius 1 is 1.27 bits per heavy atom. The van der Waals surface area contributed by atoms with E-state index in [0.717, 1.165) is 5.75 Å². The smallest absolute Gasteiger partial charge is 0.122 e. The molecule has 15 heavy (non-hydrogen) atoms. The number of hydrogen-bond donors (Lipinski definition) is 0. The van der Waals surface area contributed by atoms with Gasteiger partial charge in [-0.2, -0.15) is 0 Å². The van der Waals surface area contributed by atoms with Crippen LogP contribution < -0.4 is 4.74 Å². The summed E-state index contributed by atoms with van der Waals surface area (Å²) in [4.78, 5) is 0. The normalized spacial score (nSPS) is 12.9. The summed E-state index contributed by atoms with van der Waals surface area (Å²) in [5, 5.41) is 0. The number of benzene rings is 1. The van der Waals surface area contributed by atoms with E-state index in [1.165, 1.54) is 11.1 Å². The predicted molar refractivity (Wildman–Crippen MR) is 66.2 cm³/mol. The highest BCUT2D eigenvalue weighted by molar-refractivity contribution is 6.18. The molecule has 0 aliphatic rings. The Morgan fingerprint density at radius 2 is 1.93 bits per heavy atom. The molecule has 0 radical (unpaired) electrons. The van der Waals surface area contributed by atoms with Crippen molar-refractivity contribution in [1.29, 1.82) is 0 Å². The second-order valence-corrected chi connectivity index (χ2v) is 4.52. The molecule has 1 atom stereocenters. The molecule has 0 saturated carbocycles. The molecule has 0 aromatic heterocycles. The molecular formula is C13H19ClO. The fourth-order valence-corrected chi connectivity index (χ4v) is 1.75. The van der Waals surface area contributed by atoms with E-state index in [0.29, 0.717) is 17.7 Å². The Balaban J connectivity index is 3.13. The molecule has 0 amide bonds. The Hall–Kier alpha value is -0.690. The van der Waals surface area contributed by atoms with Crippen molar-refractivity contribution in [1.82, 2.24) is 0 Å². The largest absolute Gasteiger partial charge is 0.496 e. The quantitative estimate of drug-likeness (QED) is 0.701. The van der Waals surface area contributed by atoms with Crippen molar-refractivity contribution in [3.63, 3.8) is 0 Å². The Kier molecular flexibility index (Phi) is 4.46. The lowest BCUT2D eigenvalue weighted by atomic mass is 9.95. The number of methoxy groups -OCH3 is 1. The first-order chi connectivity index (χ1) is 7.10. The molecule has 84 valence electrons. The van der Waals surface area contributed by atoms with Crippen LogP contribution in [-0.4, -0.2) is 13.0 Å². The Morgan fingerprint density at radius 3 is 2.40 bits per heavy atom. The number of ether oxygens (including phenoxy) is 1. The van der Waals surface area contributed by atoms with Gasteiger partial charge in [-0.25, -0.2) is 0 Å². The van der Waals surface area contributed by atoms with Gasteiger partial charge >= 0.3 is 0 Å². The maximum Gasteiger partial charge on any atom is 0.122 e. The van der Waals surface area contributed by atoms with Crippen LogP contribution in [0, 0.1) is 0 Å². The molecule has 1 unspecified atom stereocenters. The van der Waals surface area contributed by atoms with Crippen molar-refractivity contribution >= 4 is 11.6 Å². The van der Waals surface area contributed by atoms with E-state index in [4.69, 9.17) is 16.3 Å². The van der Waals surface area contributed by atoms with Gasteiger partial charge in [0, 0.05) is 5.88 Å². The van der Waals surface area contributed by atoms with Crippen LogP contribution in [-0.2, 0) is 0 Å². The van der Waals surface area contributed by atoms with Crippen LogP contribution in [0.3, 0.4) is 0 Å². The molecular weight excluding hydrogens is 208 g/mol. The first-order valence-corrected chi connectivity index (χ1v) is 5.87. The van der Waals surface area contributed by atoms with E-state index in [1.54, 1.807) is 7.11 Å². The van der Waals surface area contributed by atoms with Gasteiger partial charge in [0.25, 0.3) is 0 Å². The SMILES string of the molecule is COc1ccc(C(C)C)cc1C(C)CCl. The van der Waals surface area contributed by atoms with Crippen LogP contribution >= 0.6 is 11.6 Å². The molecule has 0 aliphatic heterocycles. The fraction of sp³-hybridized carbons (Fsp3) is 0.538. The molecule has 1 aromatic carbocycles. The highest BCUT2D eigenvalue weighted by Gasteiger charge is 2.12. The highest BCUT2D eigenvalue weighted by Crippen LogP contribution is 2.30. The van der Waals surface area contributed by atoms with Gasteiger partial charge in [-0.3, -0.25) is 0 Å². The summed E-state index contributed by atoms with van der Waals surface area (Å²) in [6, 6.07) is 6.36. The van der Waals surface area contributed by atoms with Crippen molar-refractivity contribution in [2.75, 3.05) is 13.0 Å². The molecule has 1 aromatic rings. The van der Waals surface area contributed by atoms with E-state index < -0.39 is 0 Å². The van der Waals surface area contributed by atoms with Gasteiger partial charge < -0.3 is 4.74 Å². The summed E-state index contributed by atoms with van der Waals surface area (Å²) in [5.41, 5.74) is 2.54. The fourth-order valence-electron chi connectivity index (χ4n) is 1.58. The lowest BCUT2D eigenvalue weighted by molar-refractivity contribution is 0.407. The maximum absolute atomic E-state index is 5.89.